The Morgan fingerprint density at radius 3 is 2.69 bits per heavy atom. The van der Waals surface area contributed by atoms with E-state index in [4.69, 9.17) is 18.9 Å². The maximum atomic E-state index is 7.94. The van der Waals surface area contributed by atoms with Crippen molar-refractivity contribution >= 4 is 12.7 Å². The molecule has 2 rings (SSSR count). The average Bonchev–Trinajstić information content (AvgIpc) is 2.73. The summed E-state index contributed by atoms with van der Waals surface area (Å²) in [6.07, 6.45) is -0.539. The maximum Gasteiger partial charge on any atom is 0.514 e. The van der Waals surface area contributed by atoms with Crippen LogP contribution in [0.1, 0.15) is 44.1 Å². The molecule has 1 aliphatic heterocycles. The predicted molar refractivity (Wildman–Crippen MR) is 63.6 cm³/mol. The molecule has 0 amide bonds. The summed E-state index contributed by atoms with van der Waals surface area (Å²) in [6.45, 7) is 1.17. The summed E-state index contributed by atoms with van der Waals surface area (Å²) in [7, 11) is -1.18. The van der Waals surface area contributed by atoms with Crippen LogP contribution in [0.25, 0.3) is 0 Å². The van der Waals surface area contributed by atoms with Crippen molar-refractivity contribution in [2.45, 2.75) is 52.2 Å². The van der Waals surface area contributed by atoms with E-state index in [-0.39, 0.29) is 5.59 Å². The van der Waals surface area contributed by atoms with Gasteiger partial charge in [0.1, 0.15) is 0 Å². The fraction of sp³-hybridized carbons (Fsp3) is 0.727. The van der Waals surface area contributed by atoms with Crippen molar-refractivity contribution in [1.82, 2.24) is 9.78 Å². The van der Waals surface area contributed by atoms with Gasteiger partial charge in [0.2, 0.25) is 0 Å². The van der Waals surface area contributed by atoms with E-state index in [0.717, 1.165) is 0 Å². The van der Waals surface area contributed by atoms with Crippen LogP contribution in [0.3, 0.4) is 0 Å². The number of hydrogen-bond acceptors (Lipinski definition) is 3. The van der Waals surface area contributed by atoms with Crippen molar-refractivity contribution in [2.24, 2.45) is 0 Å². The summed E-state index contributed by atoms with van der Waals surface area (Å²) in [6, 6.07) is -0.420. The zero-order valence-corrected chi connectivity index (χ0v) is 9.79. The molecule has 0 spiro atoms. The normalized spacial score (nSPS) is 30.8. The van der Waals surface area contributed by atoms with Crippen molar-refractivity contribution in [3.8, 4) is 0 Å². The lowest BCUT2D eigenvalue weighted by molar-refractivity contribution is 0.00578. The van der Waals surface area contributed by atoms with Gasteiger partial charge in [0, 0.05) is 16.8 Å². The Morgan fingerprint density at radius 2 is 2.12 bits per heavy atom. The third-order valence-electron chi connectivity index (χ3n) is 3.14. The van der Waals surface area contributed by atoms with Gasteiger partial charge in [-0.15, -0.1) is 0 Å². The molecule has 0 aliphatic carbocycles. The first-order chi connectivity index (χ1) is 10.1. The molecule has 0 unspecified atom stereocenters. The smallest absolute Gasteiger partial charge is 0.398 e. The molecule has 0 aromatic carbocycles. The Bertz CT molecular complexity index is 611. The second-order valence-corrected chi connectivity index (χ2v) is 4.73. The molecule has 2 heterocycles. The predicted octanol–water partition coefficient (Wildman–Crippen LogP) is 1.20. The largest absolute Gasteiger partial charge is 0.514 e. The second-order valence-electron chi connectivity index (χ2n) is 4.73. The van der Waals surface area contributed by atoms with E-state index in [1.807, 2.05) is 0 Å². The van der Waals surface area contributed by atoms with Crippen molar-refractivity contribution in [3.05, 3.63) is 12.2 Å². The first kappa shape index (κ1) is 5.69. The summed E-state index contributed by atoms with van der Waals surface area (Å²) >= 11 is 0. The van der Waals surface area contributed by atoms with Crippen LogP contribution in [0.4, 0.5) is 0 Å². The summed E-state index contributed by atoms with van der Waals surface area (Å²) < 4.78 is 65.4. The fourth-order valence-electron chi connectivity index (χ4n) is 1.44. The Balaban J connectivity index is 2.58. The number of aryl methyl sites for hydroxylation is 1. The lowest BCUT2D eigenvalue weighted by Crippen LogP contribution is -2.41. The Labute approximate surface area is 107 Å². The van der Waals surface area contributed by atoms with Crippen molar-refractivity contribution in [3.63, 3.8) is 0 Å². The molecule has 0 atom stereocenters. The number of aromatic nitrogens is 2. The van der Waals surface area contributed by atoms with E-state index >= 15 is 0 Å². The van der Waals surface area contributed by atoms with E-state index in [1.165, 1.54) is 0 Å². The van der Waals surface area contributed by atoms with Crippen LogP contribution >= 0.6 is 0 Å². The highest BCUT2D eigenvalue weighted by atomic mass is 16.7. The molecule has 16 heavy (non-hydrogen) atoms. The number of hydrogen-bond donors (Lipinski definition) is 0. The van der Waals surface area contributed by atoms with Gasteiger partial charge in [-0.1, -0.05) is 0 Å². The molecule has 1 saturated heterocycles. The molecule has 0 N–H and O–H groups in total. The average molecular weight is 229 g/mol. The van der Waals surface area contributed by atoms with E-state index in [9.17, 15) is 0 Å². The van der Waals surface area contributed by atoms with Crippen LogP contribution in [0.2, 0.25) is 0 Å². The highest BCUT2D eigenvalue weighted by Gasteiger charge is 2.52. The summed E-state index contributed by atoms with van der Waals surface area (Å²) in [4.78, 5) is 0. The van der Waals surface area contributed by atoms with Crippen LogP contribution in [-0.2, 0) is 15.8 Å². The number of nitrogens with zero attached hydrogens (tertiary/aromatic N) is 2. The summed E-state index contributed by atoms with van der Waals surface area (Å²) in [5, 5.41) is 3.59. The minimum atomic E-state index is -3.03. The minimum absolute atomic E-state index is 0.213. The maximum absolute atomic E-state index is 7.94. The van der Waals surface area contributed by atoms with Crippen molar-refractivity contribution in [1.29, 1.82) is 0 Å². The molecule has 0 bridgehead atoms. The monoisotopic (exact) mass is 229 g/mol. The quantitative estimate of drug-likeness (QED) is 0.715. The molecule has 4 nitrogen and oxygen atoms in total. The van der Waals surface area contributed by atoms with Gasteiger partial charge in [0.15, 0.2) is 0 Å². The highest BCUT2D eigenvalue weighted by molar-refractivity contribution is 6.61. The SMILES string of the molecule is [2H]c1nn(C([2H])([2H])C([2H])([2H])[2H])c(B2OC(C)(C)C(C)(C)O2)c1[2H]. The first-order valence-electron chi connectivity index (χ1n) is 8.54. The molecule has 88 valence electrons. The lowest BCUT2D eigenvalue weighted by atomic mass is 9.85. The zero-order chi connectivity index (χ0) is 18.0. The second kappa shape index (κ2) is 3.60. The van der Waals surface area contributed by atoms with Crippen LogP contribution in [-0.4, -0.2) is 28.1 Å². The molecule has 1 aromatic rings. The van der Waals surface area contributed by atoms with Gasteiger partial charge in [-0.25, -0.2) is 0 Å². The molecular formula is C11H19BN2O2. The lowest BCUT2D eigenvalue weighted by Gasteiger charge is -2.32. The number of rotatable bonds is 2. The van der Waals surface area contributed by atoms with Crippen LogP contribution in [0.15, 0.2) is 12.2 Å². The molecule has 0 radical (unpaired) electrons. The Kier molecular flexibility index (Phi) is 1.28. The van der Waals surface area contributed by atoms with Crippen LogP contribution in [0.5, 0.6) is 0 Å². The fourth-order valence-corrected chi connectivity index (χ4v) is 1.44. The van der Waals surface area contributed by atoms with E-state index in [1.54, 1.807) is 27.7 Å². The van der Waals surface area contributed by atoms with Gasteiger partial charge >= 0.3 is 7.12 Å². The van der Waals surface area contributed by atoms with E-state index in [0.29, 0.717) is 4.68 Å². The molecular weight excluding hydrogens is 203 g/mol. The standard InChI is InChI=1S/C11H19BN2O2/c1-6-14-9(7-8-13-14)12-15-10(2,3)11(4,5)16-12/h7-8H,6H2,1-5H3/i1D3,6D2,7D,8D. The first-order valence-corrected chi connectivity index (χ1v) is 5.04. The van der Waals surface area contributed by atoms with Gasteiger partial charge < -0.3 is 9.31 Å². The van der Waals surface area contributed by atoms with Gasteiger partial charge in [-0.05, 0) is 40.6 Å². The van der Waals surface area contributed by atoms with Crippen molar-refractivity contribution < 1.29 is 18.9 Å². The van der Waals surface area contributed by atoms with Gasteiger partial charge in [0.05, 0.1) is 22.3 Å². The zero-order valence-electron chi connectivity index (χ0n) is 16.8. The minimum Gasteiger partial charge on any atom is -0.398 e. The van der Waals surface area contributed by atoms with Gasteiger partial charge in [-0.3, -0.25) is 4.68 Å². The van der Waals surface area contributed by atoms with Gasteiger partial charge in [0.25, 0.3) is 0 Å². The van der Waals surface area contributed by atoms with E-state index in [2.05, 4.69) is 5.10 Å². The molecule has 0 saturated carbocycles. The Morgan fingerprint density at radius 1 is 1.50 bits per heavy atom. The van der Waals surface area contributed by atoms with Crippen LogP contribution in [0, 0.1) is 0 Å². The Hall–Kier alpha value is -0.805. The molecule has 1 fully saturated rings. The van der Waals surface area contributed by atoms with E-state index < -0.39 is 43.9 Å². The third kappa shape index (κ3) is 1.68. The topological polar surface area (TPSA) is 36.3 Å². The summed E-state index contributed by atoms with van der Waals surface area (Å²) in [5.74, 6) is 0. The summed E-state index contributed by atoms with van der Waals surface area (Å²) in [5.41, 5.74) is -1.72. The molecule has 5 heteroatoms. The van der Waals surface area contributed by atoms with Crippen molar-refractivity contribution in [2.75, 3.05) is 0 Å². The molecule has 1 aromatic heterocycles. The van der Waals surface area contributed by atoms with Crippen LogP contribution < -0.4 is 5.59 Å². The highest BCUT2D eigenvalue weighted by Crippen LogP contribution is 2.36. The third-order valence-corrected chi connectivity index (χ3v) is 3.14. The molecule has 1 aliphatic rings. The van der Waals surface area contributed by atoms with Gasteiger partial charge in [-0.2, -0.15) is 5.10 Å².